The molecule has 25 heavy (non-hydrogen) atoms. The van der Waals surface area contributed by atoms with Gasteiger partial charge in [-0.15, -0.1) is 24.8 Å². The van der Waals surface area contributed by atoms with Crippen molar-refractivity contribution in [2.75, 3.05) is 32.8 Å². The van der Waals surface area contributed by atoms with Crippen LogP contribution in [0.1, 0.15) is 30.9 Å². The van der Waals surface area contributed by atoms with Gasteiger partial charge in [-0.3, -0.25) is 9.69 Å². The molecule has 3 unspecified atom stereocenters. The van der Waals surface area contributed by atoms with Crippen molar-refractivity contribution in [3.8, 4) is 0 Å². The number of rotatable bonds is 5. The molecule has 3 N–H and O–H groups in total. The van der Waals surface area contributed by atoms with Gasteiger partial charge in [0.15, 0.2) is 0 Å². The molecular formula is C18H29Cl2N3O2. The molecule has 5 nitrogen and oxygen atoms in total. The molecule has 7 heteroatoms. The van der Waals surface area contributed by atoms with Crippen LogP contribution in [-0.2, 0) is 9.53 Å². The fourth-order valence-corrected chi connectivity index (χ4v) is 3.51. The van der Waals surface area contributed by atoms with Gasteiger partial charge in [-0.05, 0) is 24.8 Å². The number of nitrogens with zero attached hydrogens (tertiary/aromatic N) is 1. The van der Waals surface area contributed by atoms with Crippen molar-refractivity contribution in [3.63, 3.8) is 0 Å². The summed E-state index contributed by atoms with van der Waals surface area (Å²) in [6.45, 7) is 4.22. The second-order valence-corrected chi connectivity index (χ2v) is 6.65. The predicted octanol–water partition coefficient (Wildman–Crippen LogP) is 2.15. The summed E-state index contributed by atoms with van der Waals surface area (Å²) in [4.78, 5) is 15.0. The highest BCUT2D eigenvalue weighted by molar-refractivity contribution is 5.85. The van der Waals surface area contributed by atoms with E-state index in [0.717, 1.165) is 57.7 Å². The van der Waals surface area contributed by atoms with Gasteiger partial charge in [-0.2, -0.15) is 0 Å². The fraction of sp³-hybridized carbons (Fsp3) is 0.611. The third kappa shape index (κ3) is 6.42. The Kier molecular flexibility index (Phi) is 9.75. The molecule has 0 spiro atoms. The van der Waals surface area contributed by atoms with Gasteiger partial charge in [0.25, 0.3) is 0 Å². The van der Waals surface area contributed by atoms with Gasteiger partial charge in [0.2, 0.25) is 5.91 Å². The van der Waals surface area contributed by atoms with Crippen LogP contribution in [0, 0.1) is 5.92 Å². The van der Waals surface area contributed by atoms with E-state index in [9.17, 15) is 4.79 Å². The maximum atomic E-state index is 12.6. The molecule has 1 aromatic carbocycles. The van der Waals surface area contributed by atoms with Crippen LogP contribution < -0.4 is 11.1 Å². The van der Waals surface area contributed by atoms with E-state index in [2.05, 4.69) is 22.3 Å². The van der Waals surface area contributed by atoms with Crippen molar-refractivity contribution >= 4 is 30.7 Å². The molecule has 1 saturated heterocycles. The Hall–Kier alpha value is -0.850. The molecule has 1 aliphatic carbocycles. The summed E-state index contributed by atoms with van der Waals surface area (Å²) < 4.78 is 5.42. The first-order valence-corrected chi connectivity index (χ1v) is 8.63. The zero-order valence-electron chi connectivity index (χ0n) is 14.4. The van der Waals surface area contributed by atoms with Crippen LogP contribution in [0.2, 0.25) is 0 Å². The summed E-state index contributed by atoms with van der Waals surface area (Å²) >= 11 is 0. The molecule has 0 radical (unpaired) electrons. The number of benzene rings is 1. The van der Waals surface area contributed by atoms with Crippen molar-refractivity contribution in [2.45, 2.75) is 31.3 Å². The summed E-state index contributed by atoms with van der Waals surface area (Å²) in [7, 11) is 0. The number of hydrogen-bond donors (Lipinski definition) is 2. The van der Waals surface area contributed by atoms with Crippen LogP contribution in [0.3, 0.4) is 0 Å². The van der Waals surface area contributed by atoms with E-state index in [1.807, 2.05) is 18.2 Å². The maximum Gasteiger partial charge on any atom is 0.223 e. The largest absolute Gasteiger partial charge is 0.379 e. The summed E-state index contributed by atoms with van der Waals surface area (Å²) in [5, 5.41) is 3.27. The van der Waals surface area contributed by atoms with Crippen LogP contribution in [0.25, 0.3) is 0 Å². The molecule has 1 amide bonds. The van der Waals surface area contributed by atoms with E-state index < -0.39 is 0 Å². The van der Waals surface area contributed by atoms with Gasteiger partial charge < -0.3 is 15.8 Å². The highest BCUT2D eigenvalue weighted by Crippen LogP contribution is 2.25. The molecule has 2 fully saturated rings. The highest BCUT2D eigenvalue weighted by atomic mass is 35.5. The Balaban J connectivity index is 0.00000156. The van der Waals surface area contributed by atoms with Crippen LogP contribution >= 0.6 is 24.8 Å². The normalized spacial score (nSPS) is 24.7. The second kappa shape index (κ2) is 11.0. The molecule has 3 atom stereocenters. The Labute approximate surface area is 162 Å². The quantitative estimate of drug-likeness (QED) is 0.809. The average molecular weight is 390 g/mol. The predicted molar refractivity (Wildman–Crippen MR) is 104 cm³/mol. The maximum absolute atomic E-state index is 12.6. The minimum atomic E-state index is 0. The molecule has 1 saturated carbocycles. The highest BCUT2D eigenvalue weighted by Gasteiger charge is 2.30. The minimum Gasteiger partial charge on any atom is -0.379 e. The summed E-state index contributed by atoms with van der Waals surface area (Å²) in [6, 6.07) is 10.4. The number of halogens is 2. The molecule has 0 bridgehead atoms. The van der Waals surface area contributed by atoms with Crippen molar-refractivity contribution < 1.29 is 9.53 Å². The molecule has 1 heterocycles. The standard InChI is InChI=1S/C18H27N3O2.2ClH/c19-16-7-6-15(12-16)18(22)20-17(14-4-2-1-3-5-14)13-21-8-10-23-11-9-21;;/h1-5,15-17H,6-13,19H2,(H,20,22);2*1H. The lowest BCUT2D eigenvalue weighted by molar-refractivity contribution is -0.125. The Bertz CT molecular complexity index is 512. The SMILES string of the molecule is Cl.Cl.NC1CCC(C(=O)NC(CN2CCOCC2)c2ccccc2)C1. The molecule has 142 valence electrons. The molecule has 2 aliphatic rings. The van der Waals surface area contributed by atoms with Crippen LogP contribution in [0.4, 0.5) is 0 Å². The van der Waals surface area contributed by atoms with Crippen LogP contribution in [0.5, 0.6) is 0 Å². The van der Waals surface area contributed by atoms with E-state index in [4.69, 9.17) is 10.5 Å². The Morgan fingerprint density at radius 3 is 2.48 bits per heavy atom. The van der Waals surface area contributed by atoms with Gasteiger partial charge in [-0.25, -0.2) is 0 Å². The van der Waals surface area contributed by atoms with E-state index >= 15 is 0 Å². The first kappa shape index (κ1) is 22.2. The third-order valence-electron chi connectivity index (χ3n) is 4.91. The average Bonchev–Trinajstić information content (AvgIpc) is 3.03. The lowest BCUT2D eigenvalue weighted by Crippen LogP contribution is -2.44. The summed E-state index contributed by atoms with van der Waals surface area (Å²) in [5.41, 5.74) is 7.11. The van der Waals surface area contributed by atoms with Crippen molar-refractivity contribution in [1.29, 1.82) is 0 Å². The second-order valence-electron chi connectivity index (χ2n) is 6.65. The molecule has 1 aromatic rings. The van der Waals surface area contributed by atoms with Crippen molar-refractivity contribution in [1.82, 2.24) is 10.2 Å². The molecule has 3 rings (SSSR count). The molecule has 0 aromatic heterocycles. The van der Waals surface area contributed by atoms with Gasteiger partial charge in [-0.1, -0.05) is 30.3 Å². The van der Waals surface area contributed by atoms with Crippen LogP contribution in [-0.4, -0.2) is 49.7 Å². The van der Waals surface area contributed by atoms with E-state index in [0.29, 0.717) is 0 Å². The third-order valence-corrected chi connectivity index (χ3v) is 4.91. The number of amides is 1. The van der Waals surface area contributed by atoms with E-state index in [1.54, 1.807) is 0 Å². The number of ether oxygens (including phenoxy) is 1. The summed E-state index contributed by atoms with van der Waals surface area (Å²) in [6.07, 6.45) is 2.68. The summed E-state index contributed by atoms with van der Waals surface area (Å²) in [5.74, 6) is 0.223. The van der Waals surface area contributed by atoms with Crippen molar-refractivity contribution in [2.24, 2.45) is 11.7 Å². The van der Waals surface area contributed by atoms with E-state index in [-0.39, 0.29) is 48.7 Å². The topological polar surface area (TPSA) is 67.6 Å². The first-order valence-electron chi connectivity index (χ1n) is 8.63. The van der Waals surface area contributed by atoms with Gasteiger partial charge in [0.05, 0.1) is 19.3 Å². The lowest BCUT2D eigenvalue weighted by atomic mass is 10.0. The molecular weight excluding hydrogens is 361 g/mol. The first-order chi connectivity index (χ1) is 11.2. The number of nitrogens with one attached hydrogen (secondary N) is 1. The van der Waals surface area contributed by atoms with E-state index in [1.165, 1.54) is 0 Å². The lowest BCUT2D eigenvalue weighted by Gasteiger charge is -2.31. The van der Waals surface area contributed by atoms with Gasteiger partial charge >= 0.3 is 0 Å². The Morgan fingerprint density at radius 2 is 1.88 bits per heavy atom. The number of carbonyl (C=O) groups is 1. The zero-order valence-corrected chi connectivity index (χ0v) is 16.1. The van der Waals surface area contributed by atoms with Crippen molar-refractivity contribution in [3.05, 3.63) is 35.9 Å². The zero-order chi connectivity index (χ0) is 16.1. The number of nitrogens with two attached hydrogens (primary N) is 1. The van der Waals surface area contributed by atoms with Gasteiger partial charge in [0, 0.05) is 31.6 Å². The van der Waals surface area contributed by atoms with Crippen LogP contribution in [0.15, 0.2) is 30.3 Å². The number of morpholine rings is 1. The minimum absolute atomic E-state index is 0. The fourth-order valence-electron chi connectivity index (χ4n) is 3.51. The smallest absolute Gasteiger partial charge is 0.223 e. The Morgan fingerprint density at radius 1 is 1.20 bits per heavy atom. The van der Waals surface area contributed by atoms with Gasteiger partial charge in [0.1, 0.15) is 0 Å². The number of hydrogen-bond acceptors (Lipinski definition) is 4. The number of carbonyl (C=O) groups excluding carboxylic acids is 1. The molecule has 1 aliphatic heterocycles. The monoisotopic (exact) mass is 389 g/mol.